The van der Waals surface area contributed by atoms with Crippen LogP contribution in [0.15, 0.2) is 66.0 Å². The lowest BCUT2D eigenvalue weighted by Gasteiger charge is -2.35. The molecule has 1 aliphatic heterocycles. The smallest absolute Gasteiger partial charge is 0.261 e. The summed E-state index contributed by atoms with van der Waals surface area (Å²) in [7, 11) is 0. The minimum atomic E-state index is -0.144. The zero-order chi connectivity index (χ0) is 23.0. The van der Waals surface area contributed by atoms with Crippen molar-refractivity contribution in [3.63, 3.8) is 0 Å². The minimum Gasteiger partial charge on any atom is -0.379 e. The highest BCUT2D eigenvalue weighted by Crippen LogP contribution is 2.27. The molecule has 1 atom stereocenters. The lowest BCUT2D eigenvalue weighted by molar-refractivity contribution is 0.0162. The number of nitrogens with zero attached hydrogens (tertiary/aromatic N) is 1. The molecule has 2 amide bonds. The SMILES string of the molecule is O=C(NCC(c1ccccc1Cl)N1CCOCC1)c1ccc(CNC(=O)c2cccs2)cc1. The van der Waals surface area contributed by atoms with Crippen LogP contribution in [-0.4, -0.2) is 49.6 Å². The predicted octanol–water partition coefficient (Wildman–Crippen LogP) is 4.13. The summed E-state index contributed by atoms with van der Waals surface area (Å²) < 4.78 is 5.49. The average molecular weight is 484 g/mol. The second kappa shape index (κ2) is 11.4. The summed E-state index contributed by atoms with van der Waals surface area (Å²) in [6.07, 6.45) is 0. The summed E-state index contributed by atoms with van der Waals surface area (Å²) in [6.45, 7) is 3.76. The normalized spacial score (nSPS) is 15.1. The molecule has 4 rings (SSSR count). The molecule has 172 valence electrons. The van der Waals surface area contributed by atoms with E-state index in [0.29, 0.717) is 41.8 Å². The molecule has 0 aliphatic carbocycles. The summed E-state index contributed by atoms with van der Waals surface area (Å²) in [5.41, 5.74) is 2.50. The van der Waals surface area contributed by atoms with E-state index < -0.39 is 0 Å². The molecule has 2 aromatic carbocycles. The molecule has 0 spiro atoms. The highest BCUT2D eigenvalue weighted by molar-refractivity contribution is 7.12. The van der Waals surface area contributed by atoms with Gasteiger partial charge in [-0.2, -0.15) is 0 Å². The van der Waals surface area contributed by atoms with Crippen LogP contribution < -0.4 is 10.6 Å². The molecule has 1 aromatic heterocycles. The Balaban J connectivity index is 1.36. The number of hydrogen-bond acceptors (Lipinski definition) is 5. The molecule has 2 heterocycles. The highest BCUT2D eigenvalue weighted by atomic mass is 35.5. The van der Waals surface area contributed by atoms with E-state index in [1.54, 1.807) is 18.2 Å². The number of carbonyl (C=O) groups excluding carboxylic acids is 2. The number of hydrogen-bond donors (Lipinski definition) is 2. The van der Waals surface area contributed by atoms with E-state index in [-0.39, 0.29) is 17.9 Å². The quantitative estimate of drug-likeness (QED) is 0.505. The van der Waals surface area contributed by atoms with Crippen molar-refractivity contribution >= 4 is 34.8 Å². The third kappa shape index (κ3) is 6.21. The van der Waals surface area contributed by atoms with Gasteiger partial charge in [0.25, 0.3) is 11.8 Å². The lowest BCUT2D eigenvalue weighted by atomic mass is 10.0. The van der Waals surface area contributed by atoms with Crippen LogP contribution in [0.4, 0.5) is 0 Å². The van der Waals surface area contributed by atoms with E-state index in [0.717, 1.165) is 24.2 Å². The fraction of sp³-hybridized carbons (Fsp3) is 0.280. The molecule has 1 unspecified atom stereocenters. The summed E-state index contributed by atoms with van der Waals surface area (Å²) >= 11 is 7.88. The van der Waals surface area contributed by atoms with Crippen molar-refractivity contribution in [3.8, 4) is 0 Å². The fourth-order valence-electron chi connectivity index (χ4n) is 3.81. The van der Waals surface area contributed by atoms with Gasteiger partial charge in [0, 0.05) is 36.8 Å². The molecule has 3 aromatic rings. The van der Waals surface area contributed by atoms with Crippen LogP contribution in [0.1, 0.15) is 37.2 Å². The molecular formula is C25H26ClN3O3S. The van der Waals surface area contributed by atoms with Gasteiger partial charge < -0.3 is 15.4 Å². The monoisotopic (exact) mass is 483 g/mol. The fourth-order valence-corrected chi connectivity index (χ4v) is 4.71. The Bertz CT molecular complexity index is 1070. The third-order valence-electron chi connectivity index (χ3n) is 5.62. The molecule has 0 saturated carbocycles. The van der Waals surface area contributed by atoms with E-state index in [1.807, 2.05) is 47.8 Å². The van der Waals surface area contributed by atoms with Crippen LogP contribution in [0.2, 0.25) is 5.02 Å². The highest BCUT2D eigenvalue weighted by Gasteiger charge is 2.25. The van der Waals surface area contributed by atoms with Gasteiger partial charge in [0.05, 0.1) is 24.1 Å². The second-order valence-corrected chi connectivity index (χ2v) is 9.11. The Labute approximate surface area is 202 Å². The van der Waals surface area contributed by atoms with E-state index in [1.165, 1.54) is 11.3 Å². The molecule has 0 radical (unpaired) electrons. The Morgan fingerprint density at radius 2 is 1.73 bits per heavy atom. The largest absolute Gasteiger partial charge is 0.379 e. The topological polar surface area (TPSA) is 70.7 Å². The van der Waals surface area contributed by atoms with Crippen LogP contribution in [0.25, 0.3) is 0 Å². The number of halogens is 1. The van der Waals surface area contributed by atoms with Crippen molar-refractivity contribution in [2.75, 3.05) is 32.8 Å². The molecular weight excluding hydrogens is 458 g/mol. The van der Waals surface area contributed by atoms with Crippen LogP contribution in [0.5, 0.6) is 0 Å². The van der Waals surface area contributed by atoms with Crippen molar-refractivity contribution in [2.24, 2.45) is 0 Å². The zero-order valence-corrected chi connectivity index (χ0v) is 19.7. The number of morpholine rings is 1. The first-order valence-corrected chi connectivity index (χ1v) is 12.1. The number of benzene rings is 2. The maximum absolute atomic E-state index is 12.8. The van der Waals surface area contributed by atoms with Gasteiger partial charge >= 0.3 is 0 Å². The molecule has 6 nitrogen and oxygen atoms in total. The van der Waals surface area contributed by atoms with Crippen LogP contribution in [0, 0.1) is 0 Å². The van der Waals surface area contributed by atoms with E-state index >= 15 is 0 Å². The molecule has 8 heteroatoms. The molecule has 0 bridgehead atoms. The summed E-state index contributed by atoms with van der Waals surface area (Å²) in [5, 5.41) is 8.52. The third-order valence-corrected chi connectivity index (χ3v) is 6.83. The van der Waals surface area contributed by atoms with Crippen LogP contribution >= 0.6 is 22.9 Å². The van der Waals surface area contributed by atoms with E-state index in [2.05, 4.69) is 15.5 Å². The maximum Gasteiger partial charge on any atom is 0.261 e. The molecule has 33 heavy (non-hydrogen) atoms. The number of rotatable bonds is 8. The summed E-state index contributed by atoms with van der Waals surface area (Å²) in [4.78, 5) is 27.9. The summed E-state index contributed by atoms with van der Waals surface area (Å²) in [5.74, 6) is -0.241. The van der Waals surface area contributed by atoms with Gasteiger partial charge in [0.1, 0.15) is 0 Å². The average Bonchev–Trinajstić information content (AvgIpc) is 3.40. The Kier molecular flexibility index (Phi) is 8.12. The van der Waals surface area contributed by atoms with E-state index in [9.17, 15) is 9.59 Å². The van der Waals surface area contributed by atoms with Crippen molar-refractivity contribution in [1.82, 2.24) is 15.5 Å². The number of carbonyl (C=O) groups is 2. The number of amides is 2. The first kappa shape index (κ1) is 23.4. The maximum atomic E-state index is 12.8. The standard InChI is InChI=1S/C25H26ClN3O3S/c26-21-5-2-1-4-20(21)22(29-11-13-32-14-12-29)17-28-24(30)19-9-7-18(8-10-19)16-27-25(31)23-6-3-15-33-23/h1-10,15,22H,11-14,16-17H2,(H,27,31)(H,28,30). The zero-order valence-electron chi connectivity index (χ0n) is 18.1. The Morgan fingerprint density at radius 3 is 2.42 bits per heavy atom. The van der Waals surface area contributed by atoms with Crippen LogP contribution in [0.3, 0.4) is 0 Å². The van der Waals surface area contributed by atoms with Gasteiger partial charge in [0.2, 0.25) is 0 Å². The Morgan fingerprint density at radius 1 is 0.970 bits per heavy atom. The van der Waals surface area contributed by atoms with Gasteiger partial charge in [0.15, 0.2) is 0 Å². The minimum absolute atomic E-state index is 0.0294. The van der Waals surface area contributed by atoms with Crippen molar-refractivity contribution in [3.05, 3.63) is 92.6 Å². The van der Waals surface area contributed by atoms with Crippen molar-refractivity contribution in [1.29, 1.82) is 0 Å². The second-order valence-electron chi connectivity index (χ2n) is 7.75. The van der Waals surface area contributed by atoms with Gasteiger partial charge in [-0.25, -0.2) is 0 Å². The molecule has 2 N–H and O–H groups in total. The summed E-state index contributed by atoms with van der Waals surface area (Å²) in [6, 6.07) is 18.6. The number of nitrogens with one attached hydrogen (secondary N) is 2. The van der Waals surface area contributed by atoms with Gasteiger partial charge in [-0.05, 0) is 40.8 Å². The Hall–Kier alpha value is -2.71. The van der Waals surface area contributed by atoms with Gasteiger partial charge in [-0.15, -0.1) is 11.3 Å². The first-order chi connectivity index (χ1) is 16.1. The number of thiophene rings is 1. The van der Waals surface area contributed by atoms with Gasteiger partial charge in [-0.1, -0.05) is 48.0 Å². The molecule has 1 aliphatic rings. The van der Waals surface area contributed by atoms with Crippen molar-refractivity contribution in [2.45, 2.75) is 12.6 Å². The molecule has 1 saturated heterocycles. The lowest BCUT2D eigenvalue weighted by Crippen LogP contribution is -2.44. The van der Waals surface area contributed by atoms with Crippen molar-refractivity contribution < 1.29 is 14.3 Å². The predicted molar refractivity (Wildman–Crippen MR) is 131 cm³/mol. The van der Waals surface area contributed by atoms with E-state index in [4.69, 9.17) is 16.3 Å². The van der Waals surface area contributed by atoms with Crippen LogP contribution in [-0.2, 0) is 11.3 Å². The first-order valence-electron chi connectivity index (χ1n) is 10.9. The van der Waals surface area contributed by atoms with Gasteiger partial charge in [-0.3, -0.25) is 14.5 Å². The molecule has 1 fully saturated rings. The number of ether oxygens (including phenoxy) is 1.